The van der Waals surface area contributed by atoms with E-state index in [0.29, 0.717) is 17.3 Å². The lowest BCUT2D eigenvalue weighted by atomic mass is 9.82. The molecule has 1 aliphatic rings. The fraction of sp³-hybridized carbons (Fsp3) is 0.680. The van der Waals surface area contributed by atoms with Gasteiger partial charge in [0.25, 0.3) is 0 Å². The van der Waals surface area contributed by atoms with Gasteiger partial charge in [-0.2, -0.15) is 5.11 Å². The van der Waals surface area contributed by atoms with Gasteiger partial charge in [-0.05, 0) is 76.6 Å². The molecular weight excluding hydrogens is 425 g/mol. The van der Waals surface area contributed by atoms with Crippen LogP contribution in [0, 0.1) is 11.2 Å². The largest absolute Gasteiger partial charge is 0.376 e. The number of halogens is 2. The number of anilines is 1. The molecule has 32 heavy (non-hydrogen) atoms. The fourth-order valence-corrected chi connectivity index (χ4v) is 3.69. The summed E-state index contributed by atoms with van der Waals surface area (Å²) in [6.45, 7) is 12.4. The summed E-state index contributed by atoms with van der Waals surface area (Å²) in [4.78, 5) is 0. The molecule has 2 atom stereocenters. The van der Waals surface area contributed by atoms with Crippen molar-refractivity contribution in [2.24, 2.45) is 15.8 Å². The molecule has 5 nitrogen and oxygen atoms in total. The summed E-state index contributed by atoms with van der Waals surface area (Å²) in [6, 6.07) is 5.39. The lowest BCUT2D eigenvalue weighted by Gasteiger charge is -2.32. The fourth-order valence-electron chi connectivity index (χ4n) is 3.51. The van der Waals surface area contributed by atoms with Crippen LogP contribution < -0.4 is 10.6 Å². The van der Waals surface area contributed by atoms with Crippen LogP contribution in [0.4, 0.5) is 10.1 Å². The van der Waals surface area contributed by atoms with E-state index < -0.39 is 0 Å². The van der Waals surface area contributed by atoms with E-state index in [4.69, 9.17) is 11.6 Å². The standard InChI is InChI=1S/C25H41ClFN5/c1-7-18(2)23(29-24-17-20(26)11-12-22(24)27)13-16-32(6)31-30-19(3)25(4,5)14-15-28-21-9-8-10-21/h7,11-12,17,19,21,23,28-29H,8-10,13-16H2,1-6H3/b18-7+,31-30?/t19-,23?/m1/s1. The van der Waals surface area contributed by atoms with Crippen molar-refractivity contribution in [1.29, 1.82) is 0 Å². The molecule has 1 unspecified atom stereocenters. The molecule has 0 radical (unpaired) electrons. The molecule has 1 saturated carbocycles. The molecule has 1 aromatic carbocycles. The van der Waals surface area contributed by atoms with Crippen LogP contribution in [0.15, 0.2) is 40.2 Å². The van der Waals surface area contributed by atoms with E-state index in [-0.39, 0.29) is 23.3 Å². The Morgan fingerprint density at radius 1 is 1.38 bits per heavy atom. The van der Waals surface area contributed by atoms with Crippen molar-refractivity contribution in [3.05, 3.63) is 40.7 Å². The van der Waals surface area contributed by atoms with Gasteiger partial charge >= 0.3 is 0 Å². The first-order valence-corrected chi connectivity index (χ1v) is 12.2. The normalized spacial score (nSPS) is 17.3. The molecule has 1 aromatic rings. The molecule has 2 N–H and O–H groups in total. The van der Waals surface area contributed by atoms with E-state index in [2.05, 4.69) is 41.7 Å². The van der Waals surface area contributed by atoms with E-state index in [1.54, 1.807) is 12.1 Å². The van der Waals surface area contributed by atoms with Gasteiger partial charge in [0, 0.05) is 30.7 Å². The van der Waals surface area contributed by atoms with Crippen LogP contribution in [-0.2, 0) is 0 Å². The van der Waals surface area contributed by atoms with Gasteiger partial charge in [-0.3, -0.25) is 5.01 Å². The van der Waals surface area contributed by atoms with E-state index in [1.807, 2.05) is 32.0 Å². The maximum absolute atomic E-state index is 14.2. The smallest absolute Gasteiger partial charge is 0.146 e. The Morgan fingerprint density at radius 3 is 2.72 bits per heavy atom. The number of nitrogens with one attached hydrogen (secondary N) is 2. The summed E-state index contributed by atoms with van der Waals surface area (Å²) in [7, 11) is 1.93. The van der Waals surface area contributed by atoms with Gasteiger partial charge in [-0.25, -0.2) is 4.39 Å². The number of rotatable bonds is 13. The molecule has 0 amide bonds. The highest BCUT2D eigenvalue weighted by atomic mass is 35.5. The predicted molar refractivity (Wildman–Crippen MR) is 134 cm³/mol. The Balaban J connectivity index is 1.86. The molecule has 0 bridgehead atoms. The third-order valence-electron chi connectivity index (χ3n) is 6.82. The summed E-state index contributed by atoms with van der Waals surface area (Å²) in [5.41, 5.74) is 1.64. The monoisotopic (exact) mass is 465 g/mol. The van der Waals surface area contributed by atoms with Crippen LogP contribution in [0.25, 0.3) is 0 Å². The van der Waals surface area contributed by atoms with E-state index in [9.17, 15) is 4.39 Å². The lowest BCUT2D eigenvalue weighted by Crippen LogP contribution is -2.38. The van der Waals surface area contributed by atoms with E-state index in [0.717, 1.165) is 31.0 Å². The first-order chi connectivity index (χ1) is 15.1. The Morgan fingerprint density at radius 2 is 2.09 bits per heavy atom. The van der Waals surface area contributed by atoms with Crippen molar-refractivity contribution in [3.63, 3.8) is 0 Å². The maximum atomic E-state index is 14.2. The lowest BCUT2D eigenvalue weighted by molar-refractivity contribution is 0.231. The molecule has 1 aliphatic carbocycles. The predicted octanol–water partition coefficient (Wildman–Crippen LogP) is 6.86. The SMILES string of the molecule is C/C=C(\C)C(CCN(C)N=N[C@H](C)C(C)(C)CCNC1CCC1)Nc1cc(Cl)ccc1F. The van der Waals surface area contributed by atoms with Gasteiger partial charge in [-0.15, -0.1) is 0 Å². The molecule has 0 aliphatic heterocycles. The van der Waals surface area contributed by atoms with Crippen molar-refractivity contribution in [3.8, 4) is 0 Å². The first kappa shape index (κ1) is 26.6. The quantitative estimate of drug-likeness (QED) is 0.190. The van der Waals surface area contributed by atoms with Crippen molar-refractivity contribution in [2.45, 2.75) is 84.8 Å². The highest BCUT2D eigenvalue weighted by molar-refractivity contribution is 6.30. The second kappa shape index (κ2) is 12.5. The third kappa shape index (κ3) is 8.36. The third-order valence-corrected chi connectivity index (χ3v) is 7.06. The van der Waals surface area contributed by atoms with Crippen molar-refractivity contribution >= 4 is 17.3 Å². The number of allylic oxidation sites excluding steroid dienone is 1. The zero-order valence-corrected chi connectivity index (χ0v) is 21.3. The molecule has 1 fully saturated rings. The number of hydrogen-bond donors (Lipinski definition) is 2. The highest BCUT2D eigenvalue weighted by Crippen LogP contribution is 2.28. The van der Waals surface area contributed by atoms with Crippen LogP contribution in [-0.4, -0.2) is 43.3 Å². The maximum Gasteiger partial charge on any atom is 0.146 e. The Kier molecular flexibility index (Phi) is 10.4. The Hall–Kier alpha value is -1.66. The molecule has 0 heterocycles. The number of benzene rings is 1. The summed E-state index contributed by atoms with van der Waals surface area (Å²) in [6.07, 6.45) is 7.87. The van der Waals surface area contributed by atoms with Gasteiger partial charge < -0.3 is 10.6 Å². The first-order valence-electron chi connectivity index (χ1n) is 11.8. The van der Waals surface area contributed by atoms with E-state index >= 15 is 0 Å². The molecular formula is C25H41ClFN5. The summed E-state index contributed by atoms with van der Waals surface area (Å²) < 4.78 is 14.2. The molecule has 0 aromatic heterocycles. The van der Waals surface area contributed by atoms with Crippen LogP contribution in [0.1, 0.15) is 66.7 Å². The van der Waals surface area contributed by atoms with Gasteiger partial charge in [-0.1, -0.05) is 48.7 Å². The minimum Gasteiger partial charge on any atom is -0.376 e. The molecule has 2 rings (SSSR count). The second-order valence-corrected chi connectivity index (χ2v) is 10.2. The van der Waals surface area contributed by atoms with Gasteiger partial charge in [0.1, 0.15) is 5.82 Å². The topological polar surface area (TPSA) is 52.0 Å². The minimum atomic E-state index is -0.306. The summed E-state index contributed by atoms with van der Waals surface area (Å²) in [5, 5.41) is 18.4. The second-order valence-electron chi connectivity index (χ2n) is 9.73. The Bertz CT molecular complexity index is 776. The zero-order chi connectivity index (χ0) is 23.7. The van der Waals surface area contributed by atoms with Crippen molar-refractivity contribution in [1.82, 2.24) is 10.3 Å². The molecule has 180 valence electrons. The van der Waals surface area contributed by atoms with Crippen LogP contribution >= 0.6 is 11.6 Å². The molecule has 0 saturated heterocycles. The van der Waals surface area contributed by atoms with Crippen molar-refractivity contribution in [2.75, 3.05) is 25.5 Å². The van der Waals surface area contributed by atoms with Crippen LogP contribution in [0.3, 0.4) is 0 Å². The zero-order valence-electron chi connectivity index (χ0n) is 20.6. The van der Waals surface area contributed by atoms with E-state index in [1.165, 1.54) is 25.3 Å². The van der Waals surface area contributed by atoms with Gasteiger partial charge in [0.15, 0.2) is 0 Å². The average molecular weight is 466 g/mol. The van der Waals surface area contributed by atoms with Crippen LogP contribution in [0.5, 0.6) is 0 Å². The average Bonchev–Trinajstić information content (AvgIpc) is 2.72. The number of nitrogens with zero attached hydrogens (tertiary/aromatic N) is 3. The van der Waals surface area contributed by atoms with Gasteiger partial charge in [0.05, 0.1) is 11.7 Å². The molecule has 7 heteroatoms. The van der Waals surface area contributed by atoms with Crippen LogP contribution in [0.2, 0.25) is 5.02 Å². The summed E-state index contributed by atoms with van der Waals surface area (Å²) >= 11 is 6.05. The number of hydrogen-bond acceptors (Lipinski definition) is 4. The molecule has 0 spiro atoms. The van der Waals surface area contributed by atoms with Crippen molar-refractivity contribution < 1.29 is 4.39 Å². The minimum absolute atomic E-state index is 0.0166. The van der Waals surface area contributed by atoms with Gasteiger partial charge in [0.2, 0.25) is 0 Å². The Labute approximate surface area is 198 Å². The summed E-state index contributed by atoms with van der Waals surface area (Å²) in [5.74, 6) is -0.306. The highest BCUT2D eigenvalue weighted by Gasteiger charge is 2.27.